The van der Waals surface area contributed by atoms with Crippen LogP contribution in [0, 0.1) is 11.6 Å². The van der Waals surface area contributed by atoms with Crippen LogP contribution in [0.1, 0.15) is 12.1 Å². The van der Waals surface area contributed by atoms with Crippen LogP contribution in [-0.2, 0) is 15.6 Å². The van der Waals surface area contributed by atoms with Crippen molar-refractivity contribution in [2.45, 2.75) is 16.9 Å². The van der Waals surface area contributed by atoms with E-state index >= 15 is 0 Å². The van der Waals surface area contributed by atoms with E-state index in [9.17, 15) is 22.3 Å². The predicted molar refractivity (Wildman–Crippen MR) is 70.0 cm³/mol. The van der Waals surface area contributed by atoms with Crippen molar-refractivity contribution in [3.8, 4) is 0 Å². The molecule has 1 aliphatic rings. The second kappa shape index (κ2) is 5.07. The second-order valence-electron chi connectivity index (χ2n) is 5.03. The van der Waals surface area contributed by atoms with E-state index in [-0.39, 0.29) is 25.2 Å². The van der Waals surface area contributed by atoms with Crippen molar-refractivity contribution in [3.05, 3.63) is 41.7 Å². The van der Waals surface area contributed by atoms with E-state index in [0.29, 0.717) is 0 Å². The van der Waals surface area contributed by atoms with Gasteiger partial charge in [0.2, 0.25) is 10.0 Å². The normalized spacial score (nSPS) is 23.0. The molecule has 0 amide bonds. The fourth-order valence-electron chi connectivity index (χ4n) is 2.42. The van der Waals surface area contributed by atoms with E-state index in [4.69, 9.17) is 0 Å². The Kier molecular flexibility index (Phi) is 3.46. The molecule has 2 N–H and O–H groups in total. The molecule has 0 radical (unpaired) electrons. The summed E-state index contributed by atoms with van der Waals surface area (Å²) in [7, 11) is -4.25. The summed E-state index contributed by atoms with van der Waals surface area (Å²) < 4.78 is 52.7. The zero-order valence-corrected chi connectivity index (χ0v) is 12.0. The SMILES string of the molecule is O=S(=O)(c1cccc(F)c1F)N1CC[C@](O)(c2cn[nH]n2)C1. The molecule has 3 rings (SSSR count). The van der Waals surface area contributed by atoms with Crippen molar-refractivity contribution in [1.82, 2.24) is 19.7 Å². The molecule has 1 aromatic heterocycles. The molecule has 1 aliphatic heterocycles. The Morgan fingerprint density at radius 2 is 2.14 bits per heavy atom. The molecular formula is C12H12F2N4O3S. The minimum atomic E-state index is -4.25. The predicted octanol–water partition coefficient (Wildman–Crippen LogP) is 0.365. The number of hydrogen-bond donors (Lipinski definition) is 2. The van der Waals surface area contributed by atoms with Crippen molar-refractivity contribution >= 4 is 10.0 Å². The Morgan fingerprint density at radius 1 is 1.36 bits per heavy atom. The molecule has 1 saturated heterocycles. The Balaban J connectivity index is 1.94. The average Bonchev–Trinajstić information content (AvgIpc) is 3.12. The number of benzene rings is 1. The van der Waals surface area contributed by atoms with Crippen LogP contribution < -0.4 is 0 Å². The van der Waals surface area contributed by atoms with Gasteiger partial charge in [-0.15, -0.1) is 0 Å². The summed E-state index contributed by atoms with van der Waals surface area (Å²) in [5.74, 6) is -2.67. The molecule has 0 aliphatic carbocycles. The zero-order chi connectivity index (χ0) is 16.0. The monoisotopic (exact) mass is 330 g/mol. The molecule has 1 atom stereocenters. The maximum Gasteiger partial charge on any atom is 0.246 e. The molecule has 118 valence electrons. The van der Waals surface area contributed by atoms with Gasteiger partial charge in [0.05, 0.1) is 6.20 Å². The molecule has 0 spiro atoms. The standard InChI is InChI=1S/C12H12F2N4O3S/c13-8-2-1-3-9(11(8)14)22(20,21)18-5-4-12(19,7-18)10-6-15-17-16-10/h1-3,6,19H,4-5,7H2,(H,15,16,17)/t12-/m1/s1. The van der Waals surface area contributed by atoms with Gasteiger partial charge in [0.15, 0.2) is 11.6 Å². The van der Waals surface area contributed by atoms with Crippen LogP contribution in [0.15, 0.2) is 29.3 Å². The van der Waals surface area contributed by atoms with Gasteiger partial charge < -0.3 is 5.11 Å². The van der Waals surface area contributed by atoms with Crippen LogP contribution in [-0.4, -0.2) is 46.3 Å². The lowest BCUT2D eigenvalue weighted by Gasteiger charge is -2.21. The van der Waals surface area contributed by atoms with Gasteiger partial charge in [0.25, 0.3) is 0 Å². The third-order valence-electron chi connectivity index (χ3n) is 3.64. The first-order chi connectivity index (χ1) is 10.3. The van der Waals surface area contributed by atoms with Gasteiger partial charge in [-0.05, 0) is 18.6 Å². The Bertz CT molecular complexity index is 797. The molecule has 0 unspecified atom stereocenters. The fourth-order valence-corrected chi connectivity index (χ4v) is 3.99. The fraction of sp³-hybridized carbons (Fsp3) is 0.333. The van der Waals surface area contributed by atoms with Gasteiger partial charge in [-0.25, -0.2) is 17.2 Å². The zero-order valence-electron chi connectivity index (χ0n) is 11.2. The third kappa shape index (κ3) is 2.28. The van der Waals surface area contributed by atoms with E-state index < -0.39 is 32.2 Å². The molecule has 7 nitrogen and oxygen atoms in total. The van der Waals surface area contributed by atoms with Crippen LogP contribution in [0.2, 0.25) is 0 Å². The summed E-state index contributed by atoms with van der Waals surface area (Å²) in [5.41, 5.74) is -1.31. The highest BCUT2D eigenvalue weighted by atomic mass is 32.2. The minimum Gasteiger partial charge on any atom is -0.382 e. The molecule has 2 aromatic rings. The number of halogens is 2. The highest BCUT2D eigenvalue weighted by Gasteiger charge is 2.45. The molecular weight excluding hydrogens is 318 g/mol. The summed E-state index contributed by atoms with van der Waals surface area (Å²) in [6.45, 7) is -0.348. The lowest BCUT2D eigenvalue weighted by atomic mass is 10.0. The number of aromatic nitrogens is 3. The van der Waals surface area contributed by atoms with Crippen molar-refractivity contribution in [2.75, 3.05) is 13.1 Å². The number of hydrogen-bond acceptors (Lipinski definition) is 5. The number of nitrogens with zero attached hydrogens (tertiary/aromatic N) is 3. The molecule has 10 heteroatoms. The summed E-state index contributed by atoms with van der Waals surface area (Å²) in [4.78, 5) is -0.753. The van der Waals surface area contributed by atoms with Crippen LogP contribution >= 0.6 is 0 Å². The van der Waals surface area contributed by atoms with Crippen molar-refractivity contribution in [1.29, 1.82) is 0 Å². The quantitative estimate of drug-likeness (QED) is 0.847. The van der Waals surface area contributed by atoms with Gasteiger partial charge in [0.1, 0.15) is 16.2 Å². The van der Waals surface area contributed by atoms with E-state index in [1.54, 1.807) is 0 Å². The molecule has 22 heavy (non-hydrogen) atoms. The number of β-amino-alcohol motifs (C(OH)–C–C–N with tert-alkyl or cyclic N) is 1. The minimum absolute atomic E-state index is 0.0400. The van der Waals surface area contributed by atoms with Gasteiger partial charge in [-0.1, -0.05) is 6.07 Å². The lowest BCUT2D eigenvalue weighted by molar-refractivity contribution is 0.0484. The van der Waals surface area contributed by atoms with Crippen molar-refractivity contribution in [3.63, 3.8) is 0 Å². The number of sulfonamides is 1. The molecule has 1 fully saturated rings. The van der Waals surface area contributed by atoms with Crippen molar-refractivity contribution < 1.29 is 22.3 Å². The Labute approximate surface area is 124 Å². The topological polar surface area (TPSA) is 99.2 Å². The summed E-state index contributed by atoms with van der Waals surface area (Å²) in [6.07, 6.45) is 1.37. The maximum absolute atomic E-state index is 13.7. The molecule has 0 bridgehead atoms. The molecule has 0 saturated carbocycles. The first kappa shape index (κ1) is 15.0. The maximum atomic E-state index is 13.7. The number of nitrogens with one attached hydrogen (secondary N) is 1. The van der Waals surface area contributed by atoms with Crippen molar-refractivity contribution in [2.24, 2.45) is 0 Å². The van der Waals surface area contributed by atoms with Gasteiger partial charge >= 0.3 is 0 Å². The average molecular weight is 330 g/mol. The van der Waals surface area contributed by atoms with Crippen LogP contribution in [0.25, 0.3) is 0 Å². The van der Waals surface area contributed by atoms with E-state index in [2.05, 4.69) is 15.4 Å². The number of aromatic amines is 1. The van der Waals surface area contributed by atoms with E-state index in [0.717, 1.165) is 22.5 Å². The van der Waals surface area contributed by atoms with Crippen LogP contribution in [0.3, 0.4) is 0 Å². The summed E-state index contributed by atoms with van der Waals surface area (Å²) >= 11 is 0. The largest absolute Gasteiger partial charge is 0.382 e. The number of aliphatic hydroxyl groups is 1. The number of rotatable bonds is 3. The Morgan fingerprint density at radius 3 is 2.82 bits per heavy atom. The first-order valence-corrected chi connectivity index (χ1v) is 7.81. The van der Waals surface area contributed by atoms with E-state index in [1.165, 1.54) is 6.20 Å². The highest BCUT2D eigenvalue weighted by Crippen LogP contribution is 2.34. The van der Waals surface area contributed by atoms with Gasteiger partial charge in [0, 0.05) is 13.1 Å². The smallest absolute Gasteiger partial charge is 0.246 e. The lowest BCUT2D eigenvalue weighted by Crippen LogP contribution is -2.35. The van der Waals surface area contributed by atoms with Gasteiger partial charge in [-0.3, -0.25) is 0 Å². The number of H-pyrrole nitrogens is 1. The Hall–Kier alpha value is -1.91. The molecule has 2 heterocycles. The third-order valence-corrected chi connectivity index (χ3v) is 5.50. The first-order valence-electron chi connectivity index (χ1n) is 6.37. The highest BCUT2D eigenvalue weighted by molar-refractivity contribution is 7.89. The second-order valence-corrected chi connectivity index (χ2v) is 6.93. The summed E-state index contributed by atoms with van der Waals surface area (Å²) in [5, 5.41) is 20.1. The van der Waals surface area contributed by atoms with E-state index in [1.807, 2.05) is 0 Å². The van der Waals surface area contributed by atoms with Gasteiger partial charge in [-0.2, -0.15) is 19.7 Å². The van der Waals surface area contributed by atoms with Crippen LogP contribution in [0.5, 0.6) is 0 Å². The van der Waals surface area contributed by atoms with Crippen LogP contribution in [0.4, 0.5) is 8.78 Å². The molecule has 1 aromatic carbocycles. The summed E-state index contributed by atoms with van der Waals surface area (Å²) in [6, 6.07) is 2.94.